The van der Waals surface area contributed by atoms with Gasteiger partial charge >= 0.3 is 0 Å². The molecule has 0 aliphatic carbocycles. The molecule has 1 heterocycles. The van der Waals surface area contributed by atoms with Crippen LogP contribution in [0.15, 0.2) is 6.07 Å². The molecule has 4 heteroatoms. The van der Waals surface area contributed by atoms with Gasteiger partial charge in [0.15, 0.2) is 6.29 Å². The molecule has 66 valence electrons. The molecule has 0 saturated carbocycles. The molecule has 0 unspecified atom stereocenters. The van der Waals surface area contributed by atoms with Gasteiger partial charge in [0.1, 0.15) is 12.4 Å². The van der Waals surface area contributed by atoms with Crippen molar-refractivity contribution in [2.75, 3.05) is 7.11 Å². The quantitative estimate of drug-likeness (QED) is 0.626. The zero-order valence-electron chi connectivity index (χ0n) is 7.28. The Morgan fingerprint density at radius 1 is 1.75 bits per heavy atom. The van der Waals surface area contributed by atoms with E-state index < -0.39 is 0 Å². The average molecular weight is 168 g/mol. The Hall–Kier alpha value is -1.16. The van der Waals surface area contributed by atoms with E-state index in [2.05, 4.69) is 5.10 Å². The van der Waals surface area contributed by atoms with Crippen molar-refractivity contribution in [2.45, 2.75) is 20.1 Å². The van der Waals surface area contributed by atoms with Gasteiger partial charge in [0.25, 0.3) is 0 Å². The zero-order valence-corrected chi connectivity index (χ0v) is 7.28. The van der Waals surface area contributed by atoms with E-state index in [9.17, 15) is 4.79 Å². The van der Waals surface area contributed by atoms with E-state index in [-0.39, 0.29) is 0 Å². The molecule has 0 fully saturated rings. The number of aryl methyl sites for hydroxylation is 1. The van der Waals surface area contributed by atoms with Gasteiger partial charge in [0, 0.05) is 7.11 Å². The summed E-state index contributed by atoms with van der Waals surface area (Å²) in [5.41, 5.74) is 1.47. The molecule has 0 bridgehead atoms. The summed E-state index contributed by atoms with van der Waals surface area (Å²) < 4.78 is 6.42. The molecule has 0 aliphatic rings. The molecule has 1 rings (SSSR count). The lowest BCUT2D eigenvalue weighted by Crippen LogP contribution is -2.05. The number of carbonyl (C=O) groups is 1. The van der Waals surface area contributed by atoms with Crippen LogP contribution in [-0.4, -0.2) is 23.2 Å². The largest absolute Gasteiger partial charge is 0.362 e. The van der Waals surface area contributed by atoms with Crippen molar-refractivity contribution in [3.63, 3.8) is 0 Å². The first-order valence-corrected chi connectivity index (χ1v) is 3.82. The number of rotatable bonds is 4. The molecular formula is C8H12N2O2. The molecule has 0 saturated heterocycles. The highest BCUT2D eigenvalue weighted by Gasteiger charge is 2.04. The first kappa shape index (κ1) is 8.93. The van der Waals surface area contributed by atoms with Gasteiger partial charge in [-0.2, -0.15) is 5.10 Å². The number of carbonyl (C=O) groups excluding carboxylic acids is 1. The van der Waals surface area contributed by atoms with Gasteiger partial charge in [-0.1, -0.05) is 6.92 Å². The van der Waals surface area contributed by atoms with Crippen molar-refractivity contribution in [2.24, 2.45) is 0 Å². The van der Waals surface area contributed by atoms with Crippen molar-refractivity contribution in [1.29, 1.82) is 0 Å². The van der Waals surface area contributed by atoms with Crippen LogP contribution in [0.2, 0.25) is 0 Å². The zero-order chi connectivity index (χ0) is 8.97. The standard InChI is InChI=1S/C8H12N2O2/c1-3-7-4-8(5-11)10(9-7)6-12-2/h4-5H,3,6H2,1-2H3. The van der Waals surface area contributed by atoms with Crippen molar-refractivity contribution in [1.82, 2.24) is 9.78 Å². The first-order valence-electron chi connectivity index (χ1n) is 3.82. The van der Waals surface area contributed by atoms with Crippen molar-refractivity contribution in [3.8, 4) is 0 Å². The number of methoxy groups -OCH3 is 1. The van der Waals surface area contributed by atoms with Gasteiger partial charge in [-0.05, 0) is 12.5 Å². The fraction of sp³-hybridized carbons (Fsp3) is 0.500. The minimum absolute atomic E-state index is 0.327. The van der Waals surface area contributed by atoms with Crippen LogP contribution in [0, 0.1) is 0 Å². The van der Waals surface area contributed by atoms with Gasteiger partial charge < -0.3 is 4.74 Å². The van der Waals surface area contributed by atoms with Crippen molar-refractivity contribution < 1.29 is 9.53 Å². The van der Waals surface area contributed by atoms with Crippen LogP contribution in [0.4, 0.5) is 0 Å². The number of aromatic nitrogens is 2. The van der Waals surface area contributed by atoms with Gasteiger partial charge in [0.2, 0.25) is 0 Å². The highest BCUT2D eigenvalue weighted by molar-refractivity contribution is 5.72. The summed E-state index contributed by atoms with van der Waals surface area (Å²) in [7, 11) is 1.57. The maximum Gasteiger partial charge on any atom is 0.168 e. The lowest BCUT2D eigenvalue weighted by Gasteiger charge is -1.99. The second kappa shape index (κ2) is 4.01. The summed E-state index contributed by atoms with van der Waals surface area (Å²) in [4.78, 5) is 10.5. The van der Waals surface area contributed by atoms with Crippen LogP contribution in [-0.2, 0) is 17.9 Å². The second-order valence-corrected chi connectivity index (χ2v) is 2.45. The predicted molar refractivity (Wildman–Crippen MR) is 44.0 cm³/mol. The van der Waals surface area contributed by atoms with E-state index in [0.29, 0.717) is 12.4 Å². The molecule has 0 radical (unpaired) electrons. The highest BCUT2D eigenvalue weighted by Crippen LogP contribution is 2.02. The average Bonchev–Trinajstić information content (AvgIpc) is 2.48. The van der Waals surface area contributed by atoms with Crippen molar-refractivity contribution in [3.05, 3.63) is 17.5 Å². The van der Waals surface area contributed by atoms with E-state index in [0.717, 1.165) is 18.4 Å². The summed E-state index contributed by atoms with van der Waals surface area (Å²) in [6, 6.07) is 1.77. The lowest BCUT2D eigenvalue weighted by atomic mass is 10.3. The first-order chi connectivity index (χ1) is 5.81. The monoisotopic (exact) mass is 168 g/mol. The van der Waals surface area contributed by atoms with E-state index in [1.54, 1.807) is 17.9 Å². The van der Waals surface area contributed by atoms with Crippen LogP contribution in [0.1, 0.15) is 23.1 Å². The Morgan fingerprint density at radius 2 is 2.50 bits per heavy atom. The molecule has 1 aromatic rings. The molecule has 0 N–H and O–H groups in total. The van der Waals surface area contributed by atoms with Crippen molar-refractivity contribution >= 4 is 6.29 Å². The predicted octanol–water partition coefficient (Wildman–Crippen LogP) is 0.862. The van der Waals surface area contributed by atoms with Gasteiger partial charge in [-0.15, -0.1) is 0 Å². The van der Waals surface area contributed by atoms with E-state index in [1.165, 1.54) is 0 Å². The molecule has 0 aromatic carbocycles. The fourth-order valence-electron chi connectivity index (χ4n) is 0.980. The van der Waals surface area contributed by atoms with Crippen LogP contribution < -0.4 is 0 Å². The number of hydrogen-bond donors (Lipinski definition) is 0. The molecule has 0 aliphatic heterocycles. The summed E-state index contributed by atoms with van der Waals surface area (Å²) in [6.45, 7) is 2.32. The minimum Gasteiger partial charge on any atom is -0.362 e. The Labute approximate surface area is 71.1 Å². The lowest BCUT2D eigenvalue weighted by molar-refractivity contribution is 0.104. The summed E-state index contributed by atoms with van der Waals surface area (Å²) in [6.07, 6.45) is 1.61. The van der Waals surface area contributed by atoms with Crippen LogP contribution in [0.5, 0.6) is 0 Å². The Kier molecular flexibility index (Phi) is 2.99. The van der Waals surface area contributed by atoms with Crippen LogP contribution in [0.3, 0.4) is 0 Å². The van der Waals surface area contributed by atoms with Gasteiger partial charge in [0.05, 0.1) is 5.69 Å². The molecule has 0 atom stereocenters. The number of ether oxygens (including phenoxy) is 1. The maximum absolute atomic E-state index is 10.5. The van der Waals surface area contributed by atoms with E-state index in [4.69, 9.17) is 4.74 Å². The van der Waals surface area contributed by atoms with Crippen LogP contribution >= 0.6 is 0 Å². The Bertz CT molecular complexity index is 268. The molecular weight excluding hydrogens is 156 g/mol. The van der Waals surface area contributed by atoms with Gasteiger partial charge in [-0.25, -0.2) is 4.68 Å². The smallest absolute Gasteiger partial charge is 0.168 e. The number of hydrogen-bond acceptors (Lipinski definition) is 3. The Balaban J connectivity index is 2.91. The third kappa shape index (κ3) is 1.71. The maximum atomic E-state index is 10.5. The molecule has 1 aromatic heterocycles. The minimum atomic E-state index is 0.327. The summed E-state index contributed by atoms with van der Waals surface area (Å²) in [5, 5.41) is 4.15. The molecule has 0 spiro atoms. The SMILES string of the molecule is CCc1cc(C=O)n(COC)n1. The number of aldehydes is 1. The normalized spacial score (nSPS) is 10.2. The second-order valence-electron chi connectivity index (χ2n) is 2.45. The third-order valence-corrected chi connectivity index (χ3v) is 1.60. The molecule has 12 heavy (non-hydrogen) atoms. The highest BCUT2D eigenvalue weighted by atomic mass is 16.5. The molecule has 4 nitrogen and oxygen atoms in total. The third-order valence-electron chi connectivity index (χ3n) is 1.60. The topological polar surface area (TPSA) is 44.1 Å². The fourth-order valence-corrected chi connectivity index (χ4v) is 0.980. The van der Waals surface area contributed by atoms with E-state index >= 15 is 0 Å². The summed E-state index contributed by atoms with van der Waals surface area (Å²) >= 11 is 0. The summed E-state index contributed by atoms with van der Waals surface area (Å²) in [5.74, 6) is 0. The van der Waals surface area contributed by atoms with E-state index in [1.807, 2.05) is 6.92 Å². The number of nitrogens with zero attached hydrogens (tertiary/aromatic N) is 2. The molecule has 0 amide bonds. The van der Waals surface area contributed by atoms with Crippen LogP contribution in [0.25, 0.3) is 0 Å². The van der Waals surface area contributed by atoms with Gasteiger partial charge in [-0.3, -0.25) is 4.79 Å². The Morgan fingerprint density at radius 3 is 3.00 bits per heavy atom.